The molecule has 1 heterocycles. The maximum absolute atomic E-state index is 12.7. The summed E-state index contributed by atoms with van der Waals surface area (Å²) in [5.41, 5.74) is 2.76. The zero-order valence-corrected chi connectivity index (χ0v) is 12.9. The lowest BCUT2D eigenvalue weighted by Gasteiger charge is -2.27. The molecule has 0 atom stereocenters. The summed E-state index contributed by atoms with van der Waals surface area (Å²) in [4.78, 5) is 14.6. The molecule has 114 valence electrons. The highest BCUT2D eigenvalue weighted by Gasteiger charge is 2.19. The van der Waals surface area contributed by atoms with Gasteiger partial charge in [0.05, 0.1) is 7.11 Å². The summed E-state index contributed by atoms with van der Waals surface area (Å²) in [5, 5.41) is 0. The van der Waals surface area contributed by atoms with Gasteiger partial charge >= 0.3 is 0 Å². The van der Waals surface area contributed by atoms with Crippen molar-refractivity contribution in [2.45, 2.75) is 19.3 Å². The Labute approximate surface area is 131 Å². The molecule has 1 aliphatic heterocycles. The smallest absolute Gasteiger partial charge is 0.253 e. The van der Waals surface area contributed by atoms with Crippen molar-refractivity contribution in [1.82, 2.24) is 4.90 Å². The number of ether oxygens (including phenoxy) is 1. The standard InChI is InChI=1S/C19H21NO2/c1-22-18-11-10-16(19(21)20-12-6-3-7-13-20)14-17(18)15-8-4-2-5-9-15/h2,4-5,8-11,14H,3,6-7,12-13H2,1H3. The van der Waals surface area contributed by atoms with Gasteiger partial charge in [-0.15, -0.1) is 0 Å². The SMILES string of the molecule is COc1ccc(C(=O)N2CCCCC2)cc1-c1ccccc1. The van der Waals surface area contributed by atoms with Crippen LogP contribution in [0, 0.1) is 0 Å². The quantitative estimate of drug-likeness (QED) is 0.857. The lowest BCUT2D eigenvalue weighted by molar-refractivity contribution is 0.0724. The molecule has 0 aliphatic carbocycles. The summed E-state index contributed by atoms with van der Waals surface area (Å²) in [6.45, 7) is 1.73. The third kappa shape index (κ3) is 2.98. The van der Waals surface area contributed by atoms with Gasteiger partial charge in [-0.25, -0.2) is 0 Å². The van der Waals surface area contributed by atoms with E-state index in [2.05, 4.69) is 0 Å². The highest BCUT2D eigenvalue weighted by molar-refractivity contribution is 5.96. The summed E-state index contributed by atoms with van der Waals surface area (Å²) in [5.74, 6) is 0.918. The van der Waals surface area contributed by atoms with Gasteiger partial charge in [0.25, 0.3) is 5.91 Å². The number of amides is 1. The zero-order valence-electron chi connectivity index (χ0n) is 12.9. The number of carbonyl (C=O) groups excluding carboxylic acids is 1. The summed E-state index contributed by atoms with van der Waals surface area (Å²) in [7, 11) is 1.66. The van der Waals surface area contributed by atoms with Gasteiger partial charge in [-0.1, -0.05) is 30.3 Å². The Morgan fingerprint density at radius 2 is 1.73 bits per heavy atom. The number of nitrogens with zero attached hydrogens (tertiary/aromatic N) is 1. The molecule has 0 bridgehead atoms. The highest BCUT2D eigenvalue weighted by Crippen LogP contribution is 2.31. The maximum Gasteiger partial charge on any atom is 0.253 e. The molecule has 2 aromatic carbocycles. The lowest BCUT2D eigenvalue weighted by atomic mass is 10.0. The first-order valence-electron chi connectivity index (χ1n) is 7.82. The summed E-state index contributed by atoms with van der Waals surface area (Å²) in [6.07, 6.45) is 3.43. The third-order valence-electron chi connectivity index (χ3n) is 4.17. The lowest BCUT2D eigenvalue weighted by Crippen LogP contribution is -2.35. The molecular weight excluding hydrogens is 274 g/mol. The Morgan fingerprint density at radius 1 is 1.00 bits per heavy atom. The van der Waals surface area contributed by atoms with Crippen molar-refractivity contribution < 1.29 is 9.53 Å². The van der Waals surface area contributed by atoms with E-state index in [-0.39, 0.29) is 5.91 Å². The van der Waals surface area contributed by atoms with Crippen LogP contribution in [0.1, 0.15) is 29.6 Å². The number of hydrogen-bond donors (Lipinski definition) is 0. The van der Waals surface area contributed by atoms with Crippen LogP contribution in [0.3, 0.4) is 0 Å². The van der Waals surface area contributed by atoms with Crippen molar-refractivity contribution >= 4 is 5.91 Å². The highest BCUT2D eigenvalue weighted by atomic mass is 16.5. The van der Waals surface area contributed by atoms with Gasteiger partial charge in [-0.05, 0) is 43.0 Å². The van der Waals surface area contributed by atoms with E-state index in [9.17, 15) is 4.79 Å². The van der Waals surface area contributed by atoms with Gasteiger partial charge in [0.2, 0.25) is 0 Å². The number of methoxy groups -OCH3 is 1. The molecule has 3 heteroatoms. The van der Waals surface area contributed by atoms with E-state index in [0.717, 1.165) is 48.4 Å². The molecule has 22 heavy (non-hydrogen) atoms. The van der Waals surface area contributed by atoms with Crippen LogP contribution in [-0.2, 0) is 0 Å². The first-order chi connectivity index (χ1) is 10.8. The van der Waals surface area contributed by atoms with Crippen LogP contribution in [0.2, 0.25) is 0 Å². The zero-order chi connectivity index (χ0) is 15.4. The van der Waals surface area contributed by atoms with Crippen molar-refractivity contribution in [3.63, 3.8) is 0 Å². The van der Waals surface area contributed by atoms with E-state index in [1.165, 1.54) is 6.42 Å². The Balaban J connectivity index is 1.95. The van der Waals surface area contributed by atoms with Crippen molar-refractivity contribution in [2.75, 3.05) is 20.2 Å². The second kappa shape index (κ2) is 6.65. The first-order valence-corrected chi connectivity index (χ1v) is 7.82. The summed E-state index contributed by atoms with van der Waals surface area (Å²) < 4.78 is 5.46. The molecule has 0 aromatic heterocycles. The van der Waals surface area contributed by atoms with Crippen molar-refractivity contribution in [3.05, 3.63) is 54.1 Å². The minimum atomic E-state index is 0.125. The van der Waals surface area contributed by atoms with Crippen LogP contribution < -0.4 is 4.74 Å². The van der Waals surface area contributed by atoms with Gasteiger partial charge in [0, 0.05) is 24.2 Å². The Hall–Kier alpha value is -2.29. The van der Waals surface area contributed by atoms with E-state index in [0.29, 0.717) is 0 Å². The number of benzene rings is 2. The van der Waals surface area contributed by atoms with Crippen molar-refractivity contribution in [3.8, 4) is 16.9 Å². The number of rotatable bonds is 3. The second-order valence-electron chi connectivity index (χ2n) is 5.63. The van der Waals surface area contributed by atoms with Crippen LogP contribution in [-0.4, -0.2) is 31.0 Å². The molecule has 1 amide bonds. The molecule has 1 saturated heterocycles. The number of piperidine rings is 1. The predicted molar refractivity (Wildman–Crippen MR) is 88.2 cm³/mol. The monoisotopic (exact) mass is 295 g/mol. The van der Waals surface area contributed by atoms with Gasteiger partial charge in [-0.3, -0.25) is 4.79 Å². The summed E-state index contributed by atoms with van der Waals surface area (Å²) >= 11 is 0. The van der Waals surface area contributed by atoms with Crippen LogP contribution in [0.15, 0.2) is 48.5 Å². The van der Waals surface area contributed by atoms with Gasteiger partial charge in [-0.2, -0.15) is 0 Å². The predicted octanol–water partition coefficient (Wildman–Crippen LogP) is 3.99. The Kier molecular flexibility index (Phi) is 4.42. The molecule has 1 aliphatic rings. The molecule has 0 radical (unpaired) electrons. The molecule has 0 unspecified atom stereocenters. The van der Waals surface area contributed by atoms with Crippen LogP contribution >= 0.6 is 0 Å². The second-order valence-corrected chi connectivity index (χ2v) is 5.63. The molecule has 2 aromatic rings. The maximum atomic E-state index is 12.7. The first kappa shape index (κ1) is 14.6. The normalized spacial score (nSPS) is 14.7. The molecule has 3 nitrogen and oxygen atoms in total. The fourth-order valence-corrected chi connectivity index (χ4v) is 2.96. The average Bonchev–Trinajstić information content (AvgIpc) is 2.62. The fraction of sp³-hybridized carbons (Fsp3) is 0.316. The number of carbonyl (C=O) groups is 1. The van der Waals surface area contributed by atoms with E-state index in [1.807, 2.05) is 53.4 Å². The largest absolute Gasteiger partial charge is 0.496 e. The Bertz CT molecular complexity index is 646. The van der Waals surface area contributed by atoms with Gasteiger partial charge in [0.15, 0.2) is 0 Å². The number of likely N-dealkylation sites (tertiary alicyclic amines) is 1. The van der Waals surface area contributed by atoms with E-state index >= 15 is 0 Å². The minimum absolute atomic E-state index is 0.125. The van der Waals surface area contributed by atoms with E-state index in [1.54, 1.807) is 7.11 Å². The summed E-state index contributed by atoms with van der Waals surface area (Å²) in [6, 6.07) is 15.7. The molecule has 0 saturated carbocycles. The Morgan fingerprint density at radius 3 is 2.41 bits per heavy atom. The van der Waals surface area contributed by atoms with Crippen molar-refractivity contribution in [1.29, 1.82) is 0 Å². The molecule has 0 N–H and O–H groups in total. The van der Waals surface area contributed by atoms with Gasteiger partial charge in [0.1, 0.15) is 5.75 Å². The van der Waals surface area contributed by atoms with E-state index < -0.39 is 0 Å². The molecule has 1 fully saturated rings. The average molecular weight is 295 g/mol. The fourth-order valence-electron chi connectivity index (χ4n) is 2.96. The van der Waals surface area contributed by atoms with Crippen LogP contribution in [0.5, 0.6) is 5.75 Å². The van der Waals surface area contributed by atoms with Crippen molar-refractivity contribution in [2.24, 2.45) is 0 Å². The molecule has 0 spiro atoms. The molecule has 3 rings (SSSR count). The third-order valence-corrected chi connectivity index (χ3v) is 4.17. The van der Waals surface area contributed by atoms with Crippen LogP contribution in [0.25, 0.3) is 11.1 Å². The number of hydrogen-bond acceptors (Lipinski definition) is 2. The van der Waals surface area contributed by atoms with Gasteiger partial charge < -0.3 is 9.64 Å². The topological polar surface area (TPSA) is 29.5 Å². The minimum Gasteiger partial charge on any atom is -0.496 e. The van der Waals surface area contributed by atoms with Crippen LogP contribution in [0.4, 0.5) is 0 Å². The van der Waals surface area contributed by atoms with E-state index in [4.69, 9.17) is 4.74 Å². The molecular formula is C19H21NO2.